The summed E-state index contributed by atoms with van der Waals surface area (Å²) in [5, 5.41) is 3.28. The molecule has 1 heterocycles. The van der Waals surface area contributed by atoms with Crippen LogP contribution in [0.3, 0.4) is 0 Å². The highest BCUT2D eigenvalue weighted by Crippen LogP contribution is 1.99. The Labute approximate surface area is 51.6 Å². The fourth-order valence-corrected chi connectivity index (χ4v) is 1.00. The van der Waals surface area contributed by atoms with Gasteiger partial charge in [0.05, 0.1) is 0 Å². The van der Waals surface area contributed by atoms with Gasteiger partial charge in [0.25, 0.3) is 0 Å². The Kier molecular flexibility index (Phi) is 1.94. The van der Waals surface area contributed by atoms with Crippen molar-refractivity contribution in [2.75, 3.05) is 0 Å². The van der Waals surface area contributed by atoms with E-state index < -0.39 is 11.2 Å². The zero-order valence-corrected chi connectivity index (χ0v) is 5.10. The highest BCUT2D eigenvalue weighted by atomic mass is 32.2. The molecule has 0 bridgehead atoms. The smallest absolute Gasteiger partial charge is 0.122 e. The van der Waals surface area contributed by atoms with Gasteiger partial charge in [-0.05, 0) is 12.2 Å². The Balaban J connectivity index is 2.66. The SMILES string of the molecule is [O-][S+]1C=CC=CC=C1. The van der Waals surface area contributed by atoms with Crippen LogP contribution in [-0.2, 0) is 11.2 Å². The van der Waals surface area contributed by atoms with Crippen LogP contribution in [-0.4, -0.2) is 4.55 Å². The molecule has 42 valence electrons. The van der Waals surface area contributed by atoms with E-state index in [2.05, 4.69) is 0 Å². The van der Waals surface area contributed by atoms with Crippen molar-refractivity contribution in [2.45, 2.75) is 0 Å². The zero-order chi connectivity index (χ0) is 5.82. The molecule has 0 saturated carbocycles. The summed E-state index contributed by atoms with van der Waals surface area (Å²) in [6.07, 6.45) is 7.25. The molecule has 0 aromatic carbocycles. The van der Waals surface area contributed by atoms with E-state index in [0.717, 1.165) is 0 Å². The van der Waals surface area contributed by atoms with Gasteiger partial charge in [-0.1, -0.05) is 12.2 Å². The lowest BCUT2D eigenvalue weighted by atomic mass is 10.5. The maximum Gasteiger partial charge on any atom is 0.122 e. The van der Waals surface area contributed by atoms with Crippen molar-refractivity contribution in [3.8, 4) is 0 Å². The molecule has 0 unspecified atom stereocenters. The Morgan fingerprint density at radius 1 is 0.875 bits per heavy atom. The van der Waals surface area contributed by atoms with Gasteiger partial charge in [-0.3, -0.25) is 0 Å². The molecule has 1 rings (SSSR count). The summed E-state index contributed by atoms with van der Waals surface area (Å²) >= 11 is -0.881. The third kappa shape index (κ3) is 1.56. The molecule has 0 N–H and O–H groups in total. The van der Waals surface area contributed by atoms with E-state index in [0.29, 0.717) is 0 Å². The molecule has 0 aliphatic carbocycles. The molecular formula is C6H6OS. The van der Waals surface area contributed by atoms with Crippen molar-refractivity contribution in [2.24, 2.45) is 0 Å². The molecular weight excluding hydrogens is 120 g/mol. The first-order valence-electron chi connectivity index (χ1n) is 2.30. The van der Waals surface area contributed by atoms with Crippen LogP contribution in [0.2, 0.25) is 0 Å². The molecule has 8 heavy (non-hydrogen) atoms. The van der Waals surface area contributed by atoms with Crippen LogP contribution >= 0.6 is 0 Å². The molecule has 0 amide bonds. The monoisotopic (exact) mass is 126 g/mol. The second-order valence-corrected chi connectivity index (χ2v) is 2.57. The molecule has 0 aromatic heterocycles. The van der Waals surface area contributed by atoms with Crippen molar-refractivity contribution in [3.05, 3.63) is 35.1 Å². The van der Waals surface area contributed by atoms with Crippen molar-refractivity contribution in [3.63, 3.8) is 0 Å². The molecule has 0 saturated heterocycles. The lowest BCUT2D eigenvalue weighted by Gasteiger charge is -1.92. The average Bonchev–Trinajstić information content (AvgIpc) is 1.94. The maximum absolute atomic E-state index is 10.6. The Morgan fingerprint density at radius 2 is 1.38 bits per heavy atom. The van der Waals surface area contributed by atoms with E-state index in [4.69, 9.17) is 0 Å². The van der Waals surface area contributed by atoms with Gasteiger partial charge in [0.15, 0.2) is 0 Å². The van der Waals surface area contributed by atoms with Gasteiger partial charge in [0.1, 0.15) is 10.8 Å². The van der Waals surface area contributed by atoms with Crippen molar-refractivity contribution >= 4 is 11.2 Å². The van der Waals surface area contributed by atoms with Crippen LogP contribution in [0.1, 0.15) is 0 Å². The number of hydrogen-bond acceptors (Lipinski definition) is 1. The predicted molar refractivity (Wildman–Crippen MR) is 35.6 cm³/mol. The molecule has 1 nitrogen and oxygen atoms in total. The molecule has 1 aliphatic rings. The van der Waals surface area contributed by atoms with Gasteiger partial charge in [-0.15, -0.1) is 0 Å². The molecule has 0 fully saturated rings. The first kappa shape index (κ1) is 5.66. The van der Waals surface area contributed by atoms with Gasteiger partial charge in [-0.25, -0.2) is 0 Å². The summed E-state index contributed by atoms with van der Waals surface area (Å²) in [7, 11) is 0. The number of rotatable bonds is 0. The Bertz CT molecular complexity index is 131. The first-order chi connectivity index (χ1) is 3.89. The molecule has 2 heteroatoms. The first-order valence-corrected chi connectivity index (χ1v) is 3.58. The molecule has 0 spiro atoms. The molecule has 0 radical (unpaired) electrons. The second-order valence-electron chi connectivity index (χ2n) is 1.37. The van der Waals surface area contributed by atoms with Gasteiger partial charge in [0.2, 0.25) is 0 Å². The lowest BCUT2D eigenvalue weighted by Crippen LogP contribution is -1.84. The molecule has 1 aliphatic heterocycles. The minimum absolute atomic E-state index is 0.881. The number of hydrogen-bond donors (Lipinski definition) is 0. The maximum atomic E-state index is 10.6. The van der Waals surface area contributed by atoms with Gasteiger partial charge < -0.3 is 4.55 Å². The number of allylic oxidation sites excluding steroid dienone is 4. The lowest BCUT2D eigenvalue weighted by molar-refractivity contribution is 0.611. The highest BCUT2D eigenvalue weighted by Gasteiger charge is 1.91. The van der Waals surface area contributed by atoms with E-state index in [1.807, 2.05) is 12.2 Å². The van der Waals surface area contributed by atoms with Gasteiger partial charge in [-0.2, -0.15) is 0 Å². The van der Waals surface area contributed by atoms with Crippen LogP contribution in [0.5, 0.6) is 0 Å². The van der Waals surface area contributed by atoms with E-state index in [-0.39, 0.29) is 0 Å². The molecule has 0 atom stereocenters. The highest BCUT2D eigenvalue weighted by molar-refractivity contribution is 7.97. The fourth-order valence-electron chi connectivity index (χ4n) is 0.419. The predicted octanol–water partition coefficient (Wildman–Crippen LogP) is 1.33. The van der Waals surface area contributed by atoms with Crippen LogP contribution in [0.15, 0.2) is 35.1 Å². The summed E-state index contributed by atoms with van der Waals surface area (Å²) in [6.45, 7) is 0. The van der Waals surface area contributed by atoms with E-state index in [9.17, 15) is 4.55 Å². The van der Waals surface area contributed by atoms with E-state index in [1.54, 1.807) is 23.0 Å². The zero-order valence-electron chi connectivity index (χ0n) is 4.28. The third-order valence-electron chi connectivity index (χ3n) is 0.759. The average molecular weight is 126 g/mol. The van der Waals surface area contributed by atoms with Crippen molar-refractivity contribution in [1.82, 2.24) is 0 Å². The molecule has 0 aromatic rings. The van der Waals surface area contributed by atoms with Crippen LogP contribution < -0.4 is 0 Å². The standard InChI is InChI=1S/C6H6OS/c7-8-5-3-1-2-4-6-8/h1-6H. The Morgan fingerprint density at radius 3 is 1.88 bits per heavy atom. The normalized spacial score (nSPS) is 19.1. The quantitative estimate of drug-likeness (QED) is 0.449. The largest absolute Gasteiger partial charge is 0.607 e. The second kappa shape index (κ2) is 2.74. The summed E-state index contributed by atoms with van der Waals surface area (Å²) in [4.78, 5) is 0. The van der Waals surface area contributed by atoms with Crippen LogP contribution in [0.4, 0.5) is 0 Å². The summed E-state index contributed by atoms with van der Waals surface area (Å²) < 4.78 is 10.6. The van der Waals surface area contributed by atoms with Crippen molar-refractivity contribution < 1.29 is 4.55 Å². The summed E-state index contributed by atoms with van der Waals surface area (Å²) in [6, 6.07) is 0. The Hall–Kier alpha value is -0.470. The third-order valence-corrected chi connectivity index (χ3v) is 1.61. The summed E-state index contributed by atoms with van der Waals surface area (Å²) in [5.41, 5.74) is 0. The van der Waals surface area contributed by atoms with Crippen LogP contribution in [0.25, 0.3) is 0 Å². The minimum atomic E-state index is -0.881. The van der Waals surface area contributed by atoms with Gasteiger partial charge in [0, 0.05) is 11.2 Å². The van der Waals surface area contributed by atoms with Crippen molar-refractivity contribution in [1.29, 1.82) is 0 Å². The van der Waals surface area contributed by atoms with E-state index >= 15 is 0 Å². The van der Waals surface area contributed by atoms with Gasteiger partial charge >= 0.3 is 0 Å². The topological polar surface area (TPSA) is 23.1 Å². The summed E-state index contributed by atoms with van der Waals surface area (Å²) in [5.74, 6) is 0. The fraction of sp³-hybridized carbons (Fsp3) is 0. The van der Waals surface area contributed by atoms with Crippen LogP contribution in [0, 0.1) is 0 Å². The minimum Gasteiger partial charge on any atom is -0.607 e. The van der Waals surface area contributed by atoms with E-state index in [1.165, 1.54) is 0 Å².